The van der Waals surface area contributed by atoms with Gasteiger partial charge in [0.15, 0.2) is 5.82 Å². The van der Waals surface area contributed by atoms with Crippen molar-refractivity contribution >= 4 is 29.0 Å². The Labute approximate surface area is 234 Å². The first-order chi connectivity index (χ1) is 19.2. The summed E-state index contributed by atoms with van der Waals surface area (Å²) in [5.74, 6) is 0.600. The van der Waals surface area contributed by atoms with Crippen molar-refractivity contribution in [3.8, 4) is 17.4 Å². The number of nitrogens with one attached hydrogen (secondary N) is 2. The summed E-state index contributed by atoms with van der Waals surface area (Å²) in [5.41, 5.74) is -0.419. The molecule has 5 rings (SSSR count). The van der Waals surface area contributed by atoms with Crippen LogP contribution in [-0.4, -0.2) is 71.6 Å². The Morgan fingerprint density at radius 3 is 2.62 bits per heavy atom. The number of anilines is 2. The van der Waals surface area contributed by atoms with Crippen LogP contribution in [0.2, 0.25) is 5.02 Å². The lowest BCUT2D eigenvalue weighted by molar-refractivity contribution is -0.138. The SMILES string of the molecule is CCN1CCN(Cc2ccc(NC(=O)c3ccc(Oc4ncnc5c4OCCN5)c(Cl)c3)cc2C(F)(F)F)CC1. The Morgan fingerprint density at radius 2 is 1.90 bits per heavy atom. The highest BCUT2D eigenvalue weighted by Gasteiger charge is 2.34. The molecule has 2 aliphatic heterocycles. The molecule has 1 amide bonds. The number of hydrogen-bond donors (Lipinski definition) is 2. The van der Waals surface area contributed by atoms with Crippen molar-refractivity contribution in [2.75, 3.05) is 56.5 Å². The number of piperazine rings is 1. The van der Waals surface area contributed by atoms with Gasteiger partial charge in [0.2, 0.25) is 5.75 Å². The first-order valence-corrected chi connectivity index (χ1v) is 13.2. The first-order valence-electron chi connectivity index (χ1n) is 12.9. The van der Waals surface area contributed by atoms with Crippen LogP contribution in [0.1, 0.15) is 28.4 Å². The van der Waals surface area contributed by atoms with E-state index in [0.717, 1.165) is 25.7 Å². The van der Waals surface area contributed by atoms with Crippen LogP contribution in [0.3, 0.4) is 0 Å². The molecule has 0 bridgehead atoms. The maximum Gasteiger partial charge on any atom is 0.416 e. The van der Waals surface area contributed by atoms with E-state index >= 15 is 0 Å². The molecule has 0 saturated carbocycles. The molecule has 0 atom stereocenters. The third-order valence-electron chi connectivity index (χ3n) is 6.79. The Morgan fingerprint density at radius 1 is 1.12 bits per heavy atom. The van der Waals surface area contributed by atoms with Gasteiger partial charge in [0.1, 0.15) is 18.7 Å². The summed E-state index contributed by atoms with van der Waals surface area (Å²) in [7, 11) is 0. The molecular weight excluding hydrogens is 549 g/mol. The lowest BCUT2D eigenvalue weighted by Crippen LogP contribution is -2.45. The fraction of sp³-hybridized carbons (Fsp3) is 0.370. The number of rotatable bonds is 7. The van der Waals surface area contributed by atoms with Crippen LogP contribution in [0.25, 0.3) is 0 Å². The number of carbonyl (C=O) groups excluding carboxylic acids is 1. The smallest absolute Gasteiger partial charge is 0.416 e. The number of fused-ring (bicyclic) bond motifs is 1. The summed E-state index contributed by atoms with van der Waals surface area (Å²) in [5, 5.41) is 5.73. The molecule has 13 heteroatoms. The highest BCUT2D eigenvalue weighted by Crippen LogP contribution is 2.39. The Balaban J connectivity index is 1.28. The van der Waals surface area contributed by atoms with Crippen LogP contribution >= 0.6 is 11.6 Å². The summed E-state index contributed by atoms with van der Waals surface area (Å²) in [6.07, 6.45) is -3.25. The van der Waals surface area contributed by atoms with E-state index in [4.69, 9.17) is 21.1 Å². The van der Waals surface area contributed by atoms with Gasteiger partial charge in [-0.2, -0.15) is 18.2 Å². The molecule has 0 aliphatic carbocycles. The van der Waals surface area contributed by atoms with Crippen LogP contribution in [-0.2, 0) is 12.7 Å². The van der Waals surface area contributed by atoms with Crippen LogP contribution < -0.4 is 20.1 Å². The van der Waals surface area contributed by atoms with Gasteiger partial charge in [-0.1, -0.05) is 24.6 Å². The van der Waals surface area contributed by atoms with Gasteiger partial charge in [-0.25, -0.2) is 4.98 Å². The average Bonchev–Trinajstić information content (AvgIpc) is 2.95. The predicted molar refractivity (Wildman–Crippen MR) is 144 cm³/mol. The second-order valence-corrected chi connectivity index (χ2v) is 9.82. The molecule has 0 unspecified atom stereocenters. The highest BCUT2D eigenvalue weighted by molar-refractivity contribution is 6.32. The zero-order chi connectivity index (χ0) is 28.3. The third-order valence-corrected chi connectivity index (χ3v) is 7.09. The Hall–Kier alpha value is -3.61. The number of alkyl halides is 3. The quantitative estimate of drug-likeness (QED) is 0.400. The minimum Gasteiger partial charge on any atom is -0.483 e. The molecular formula is C27H28ClF3N6O3. The molecule has 1 fully saturated rings. The molecule has 1 saturated heterocycles. The number of benzene rings is 2. The van der Waals surface area contributed by atoms with E-state index < -0.39 is 17.6 Å². The van der Waals surface area contributed by atoms with Crippen LogP contribution in [0.5, 0.6) is 17.4 Å². The number of hydrogen-bond acceptors (Lipinski definition) is 8. The Bertz CT molecular complexity index is 1380. The van der Waals surface area contributed by atoms with Crippen molar-refractivity contribution in [1.29, 1.82) is 0 Å². The number of likely N-dealkylation sites (N-methyl/N-ethyl adjacent to an activating group) is 1. The average molecular weight is 577 g/mol. The molecule has 40 heavy (non-hydrogen) atoms. The summed E-state index contributed by atoms with van der Waals surface area (Å²) < 4.78 is 53.2. The van der Waals surface area contributed by atoms with E-state index in [1.165, 1.54) is 36.7 Å². The van der Waals surface area contributed by atoms with E-state index in [1.807, 2.05) is 4.90 Å². The third kappa shape index (κ3) is 6.40. The summed E-state index contributed by atoms with van der Waals surface area (Å²) >= 11 is 6.37. The van der Waals surface area contributed by atoms with Gasteiger partial charge in [0.25, 0.3) is 11.8 Å². The lowest BCUT2D eigenvalue weighted by atomic mass is 10.0. The highest BCUT2D eigenvalue weighted by atomic mass is 35.5. The second-order valence-electron chi connectivity index (χ2n) is 9.41. The van der Waals surface area contributed by atoms with Crippen LogP contribution in [0.15, 0.2) is 42.7 Å². The number of nitrogens with zero attached hydrogens (tertiary/aromatic N) is 4. The van der Waals surface area contributed by atoms with Gasteiger partial charge in [-0.3, -0.25) is 9.69 Å². The molecule has 9 nitrogen and oxygen atoms in total. The largest absolute Gasteiger partial charge is 0.483 e. The molecule has 2 aliphatic rings. The lowest BCUT2D eigenvalue weighted by Gasteiger charge is -2.34. The summed E-state index contributed by atoms with van der Waals surface area (Å²) in [6, 6.07) is 8.18. The molecule has 2 aromatic carbocycles. The number of aromatic nitrogens is 2. The fourth-order valence-corrected chi connectivity index (χ4v) is 4.82. The van der Waals surface area contributed by atoms with Crippen LogP contribution in [0, 0.1) is 0 Å². The topological polar surface area (TPSA) is 91.9 Å². The van der Waals surface area contributed by atoms with Gasteiger partial charge < -0.3 is 25.0 Å². The maximum atomic E-state index is 13.9. The van der Waals surface area contributed by atoms with Crippen molar-refractivity contribution in [1.82, 2.24) is 19.8 Å². The normalized spacial score (nSPS) is 16.0. The van der Waals surface area contributed by atoms with Crippen molar-refractivity contribution in [2.45, 2.75) is 19.6 Å². The van der Waals surface area contributed by atoms with Gasteiger partial charge in [0.05, 0.1) is 17.1 Å². The van der Waals surface area contributed by atoms with Crippen molar-refractivity contribution < 1.29 is 27.4 Å². The minimum atomic E-state index is -4.57. The Kier molecular flexibility index (Phi) is 8.29. The number of carbonyl (C=O) groups is 1. The van der Waals surface area contributed by atoms with E-state index in [1.54, 1.807) is 0 Å². The van der Waals surface area contributed by atoms with Gasteiger partial charge in [0, 0.05) is 44.0 Å². The molecule has 0 radical (unpaired) electrons. The molecule has 212 valence electrons. The molecule has 1 aromatic heterocycles. The first kappa shape index (κ1) is 27.9. The standard InChI is InChI=1S/C27H28ClF3N6O3/c1-2-36-8-10-37(11-9-36)15-18-3-5-19(14-20(18)27(29,30)31)35-25(38)17-4-6-22(21(28)13-17)40-26-23-24(33-16-34-26)32-7-12-39-23/h3-6,13-14,16H,2,7-12,15H2,1H3,(H,35,38)(H,32,33,34). The maximum absolute atomic E-state index is 13.9. The summed E-state index contributed by atoms with van der Waals surface area (Å²) in [4.78, 5) is 25.4. The van der Waals surface area contributed by atoms with Crippen molar-refractivity contribution in [3.63, 3.8) is 0 Å². The van der Waals surface area contributed by atoms with Gasteiger partial charge >= 0.3 is 6.18 Å². The molecule has 0 spiro atoms. The molecule has 3 aromatic rings. The number of halogens is 4. The van der Waals surface area contributed by atoms with Gasteiger partial charge in [-0.05, 0) is 42.4 Å². The van der Waals surface area contributed by atoms with Gasteiger partial charge in [-0.15, -0.1) is 0 Å². The number of ether oxygens (including phenoxy) is 2. The predicted octanol–water partition coefficient (Wildman–Crippen LogP) is 5.14. The fourth-order valence-electron chi connectivity index (χ4n) is 4.60. The summed E-state index contributed by atoms with van der Waals surface area (Å²) in [6.45, 7) is 7.24. The minimum absolute atomic E-state index is 0.0330. The number of amides is 1. The molecule has 3 heterocycles. The zero-order valence-corrected chi connectivity index (χ0v) is 22.5. The second kappa shape index (κ2) is 11.9. The van der Waals surface area contributed by atoms with E-state index in [-0.39, 0.29) is 40.0 Å². The van der Waals surface area contributed by atoms with Crippen LogP contribution in [0.4, 0.5) is 24.7 Å². The zero-order valence-electron chi connectivity index (χ0n) is 21.7. The monoisotopic (exact) mass is 576 g/mol. The van der Waals surface area contributed by atoms with Crippen molar-refractivity contribution in [2.24, 2.45) is 0 Å². The van der Waals surface area contributed by atoms with Crippen molar-refractivity contribution in [3.05, 3.63) is 64.4 Å². The van der Waals surface area contributed by atoms with E-state index in [9.17, 15) is 18.0 Å². The van der Waals surface area contributed by atoms with E-state index in [2.05, 4.69) is 32.4 Å². The molecule has 2 N–H and O–H groups in total. The van der Waals surface area contributed by atoms with E-state index in [0.29, 0.717) is 37.8 Å².